The lowest BCUT2D eigenvalue weighted by Crippen LogP contribution is -1.94. The number of benzene rings is 9. The summed E-state index contributed by atoms with van der Waals surface area (Å²) in [4.78, 5) is 0. The average Bonchev–Trinajstić information content (AvgIpc) is 3.10. The summed E-state index contributed by atoms with van der Waals surface area (Å²) in [6.07, 6.45) is 0. The van der Waals surface area contributed by atoms with Gasteiger partial charge in [0.2, 0.25) is 0 Å². The Morgan fingerprint density at radius 3 is 1.20 bits per heavy atom. The second kappa shape index (κ2) is 9.93. The summed E-state index contributed by atoms with van der Waals surface area (Å²) in [5.41, 5.74) is 7.60. The fourth-order valence-corrected chi connectivity index (χ4v) is 7.27. The van der Waals surface area contributed by atoms with Crippen LogP contribution in [0.25, 0.3) is 87.2 Å². The van der Waals surface area contributed by atoms with E-state index in [9.17, 15) is 0 Å². The molecule has 9 rings (SSSR count). The third-order valence-corrected chi connectivity index (χ3v) is 9.21. The molecule has 9 aromatic rings. The standard InChI is InChI=1S/C44H28/c1-2-14-29(15-3-1)40-26-30-16-4-5-17-31(30)27-42(40)44-38-24-12-10-22-36(38)43(37-23-11-13-25-39(37)44)41-28-32-18-6-7-19-33(32)34-20-8-9-21-35(34)41/h1-28H. The number of hydrogen-bond acceptors (Lipinski definition) is 0. The smallest absolute Gasteiger partial charge is 0.00199 e. The summed E-state index contributed by atoms with van der Waals surface area (Å²) in [7, 11) is 0. The van der Waals surface area contributed by atoms with Gasteiger partial charge >= 0.3 is 0 Å². The molecule has 0 heterocycles. The topological polar surface area (TPSA) is 0 Å². The second-order valence-corrected chi connectivity index (χ2v) is 11.6. The van der Waals surface area contributed by atoms with Crippen LogP contribution >= 0.6 is 0 Å². The molecule has 0 fully saturated rings. The molecule has 0 amide bonds. The van der Waals surface area contributed by atoms with E-state index in [0.717, 1.165) is 0 Å². The van der Waals surface area contributed by atoms with Gasteiger partial charge in [0.25, 0.3) is 0 Å². The lowest BCUT2D eigenvalue weighted by molar-refractivity contribution is 1.63. The Morgan fingerprint density at radius 1 is 0.227 bits per heavy atom. The first-order valence-electron chi connectivity index (χ1n) is 15.3. The maximum absolute atomic E-state index is 2.40. The van der Waals surface area contributed by atoms with Crippen molar-refractivity contribution in [2.75, 3.05) is 0 Å². The minimum absolute atomic E-state index is 1.23. The van der Waals surface area contributed by atoms with Crippen molar-refractivity contribution in [1.29, 1.82) is 0 Å². The van der Waals surface area contributed by atoms with E-state index in [2.05, 4.69) is 170 Å². The predicted octanol–water partition coefficient (Wildman–Crippen LogP) is 12.5. The minimum atomic E-state index is 1.23. The van der Waals surface area contributed by atoms with Crippen LogP contribution in [-0.2, 0) is 0 Å². The van der Waals surface area contributed by atoms with Crippen LogP contribution in [0.4, 0.5) is 0 Å². The van der Waals surface area contributed by atoms with Gasteiger partial charge in [0, 0.05) is 0 Å². The van der Waals surface area contributed by atoms with Crippen LogP contribution in [-0.4, -0.2) is 0 Å². The molecule has 0 atom stereocenters. The molecule has 0 aliphatic carbocycles. The Balaban J connectivity index is 1.47. The zero-order valence-electron chi connectivity index (χ0n) is 24.2. The highest BCUT2D eigenvalue weighted by atomic mass is 14.2. The van der Waals surface area contributed by atoms with E-state index in [0.29, 0.717) is 0 Å². The molecule has 0 aliphatic heterocycles. The first-order chi connectivity index (χ1) is 21.8. The van der Waals surface area contributed by atoms with Crippen LogP contribution in [0, 0.1) is 0 Å². The molecule has 0 spiro atoms. The summed E-state index contributed by atoms with van der Waals surface area (Å²) in [5, 5.41) is 12.7. The Bertz CT molecular complexity index is 2480. The molecule has 0 radical (unpaired) electrons. The Morgan fingerprint density at radius 2 is 0.614 bits per heavy atom. The first kappa shape index (κ1) is 24.8. The Labute approximate surface area is 256 Å². The van der Waals surface area contributed by atoms with Crippen molar-refractivity contribution in [3.63, 3.8) is 0 Å². The summed E-state index contributed by atoms with van der Waals surface area (Å²) in [6.45, 7) is 0. The van der Waals surface area contributed by atoms with Crippen molar-refractivity contribution in [3.05, 3.63) is 170 Å². The van der Waals surface area contributed by atoms with E-state index in [1.54, 1.807) is 0 Å². The van der Waals surface area contributed by atoms with Crippen molar-refractivity contribution in [2.45, 2.75) is 0 Å². The molecule has 0 N–H and O–H groups in total. The molecule has 0 aliphatic rings. The van der Waals surface area contributed by atoms with Gasteiger partial charge in [-0.25, -0.2) is 0 Å². The summed E-state index contributed by atoms with van der Waals surface area (Å²) >= 11 is 0. The third kappa shape index (κ3) is 3.78. The van der Waals surface area contributed by atoms with Crippen molar-refractivity contribution in [2.24, 2.45) is 0 Å². The monoisotopic (exact) mass is 556 g/mol. The molecule has 0 heteroatoms. The summed E-state index contributed by atoms with van der Waals surface area (Å²) < 4.78 is 0. The normalized spacial score (nSPS) is 11.6. The van der Waals surface area contributed by atoms with Crippen LogP contribution in [0.2, 0.25) is 0 Å². The van der Waals surface area contributed by atoms with E-state index in [4.69, 9.17) is 0 Å². The van der Waals surface area contributed by atoms with Gasteiger partial charge in [0.1, 0.15) is 0 Å². The highest BCUT2D eigenvalue weighted by Crippen LogP contribution is 2.48. The van der Waals surface area contributed by atoms with Crippen molar-refractivity contribution >= 4 is 53.9 Å². The van der Waals surface area contributed by atoms with Crippen LogP contribution in [0.3, 0.4) is 0 Å². The summed E-state index contributed by atoms with van der Waals surface area (Å²) in [5.74, 6) is 0. The van der Waals surface area contributed by atoms with Crippen LogP contribution < -0.4 is 0 Å². The molecule has 0 unspecified atom stereocenters. The van der Waals surface area contributed by atoms with Crippen molar-refractivity contribution < 1.29 is 0 Å². The molecule has 9 aromatic carbocycles. The minimum Gasteiger partial charge on any atom is -0.0622 e. The van der Waals surface area contributed by atoms with Gasteiger partial charge < -0.3 is 0 Å². The van der Waals surface area contributed by atoms with Gasteiger partial charge in [-0.05, 0) is 105 Å². The van der Waals surface area contributed by atoms with E-state index in [1.165, 1.54) is 87.2 Å². The highest BCUT2D eigenvalue weighted by Gasteiger charge is 2.21. The first-order valence-corrected chi connectivity index (χ1v) is 15.3. The third-order valence-electron chi connectivity index (χ3n) is 9.21. The summed E-state index contributed by atoms with van der Waals surface area (Å²) in [6, 6.07) is 62.4. The molecule has 0 bridgehead atoms. The van der Waals surface area contributed by atoms with Gasteiger partial charge in [0.15, 0.2) is 0 Å². The molecular weight excluding hydrogens is 528 g/mol. The van der Waals surface area contributed by atoms with E-state index in [-0.39, 0.29) is 0 Å². The fraction of sp³-hybridized carbons (Fsp3) is 0. The van der Waals surface area contributed by atoms with Gasteiger partial charge in [-0.15, -0.1) is 0 Å². The van der Waals surface area contributed by atoms with E-state index in [1.807, 2.05) is 0 Å². The van der Waals surface area contributed by atoms with Gasteiger partial charge in [-0.3, -0.25) is 0 Å². The second-order valence-electron chi connectivity index (χ2n) is 11.6. The zero-order valence-corrected chi connectivity index (χ0v) is 24.2. The van der Waals surface area contributed by atoms with Crippen molar-refractivity contribution in [3.8, 4) is 33.4 Å². The van der Waals surface area contributed by atoms with E-state index >= 15 is 0 Å². The fourth-order valence-electron chi connectivity index (χ4n) is 7.27. The molecular formula is C44H28. The lowest BCUT2D eigenvalue weighted by atomic mass is 9.82. The highest BCUT2D eigenvalue weighted by molar-refractivity contribution is 6.26. The number of rotatable bonds is 3. The SMILES string of the molecule is c1ccc(-c2cc3ccccc3cc2-c2c3ccccc3c(-c3cc4ccccc4c4ccccc34)c3ccccc23)cc1. The molecule has 44 heavy (non-hydrogen) atoms. The maximum atomic E-state index is 2.40. The largest absolute Gasteiger partial charge is 0.0622 e. The van der Waals surface area contributed by atoms with Crippen LogP contribution in [0.15, 0.2) is 170 Å². The van der Waals surface area contributed by atoms with Crippen molar-refractivity contribution in [1.82, 2.24) is 0 Å². The molecule has 0 saturated carbocycles. The predicted molar refractivity (Wildman–Crippen MR) is 190 cm³/mol. The van der Waals surface area contributed by atoms with Gasteiger partial charge in [-0.1, -0.05) is 152 Å². The zero-order chi connectivity index (χ0) is 29.0. The number of fused-ring (bicyclic) bond motifs is 6. The van der Waals surface area contributed by atoms with E-state index < -0.39 is 0 Å². The Kier molecular flexibility index (Phi) is 5.61. The Hall–Kier alpha value is -5.72. The molecule has 0 nitrogen and oxygen atoms in total. The molecule has 0 saturated heterocycles. The van der Waals surface area contributed by atoms with Gasteiger partial charge in [-0.2, -0.15) is 0 Å². The molecule has 0 aromatic heterocycles. The molecule has 204 valence electrons. The maximum Gasteiger partial charge on any atom is -0.00199 e. The quantitative estimate of drug-likeness (QED) is 0.150. The lowest BCUT2D eigenvalue weighted by Gasteiger charge is -2.21. The van der Waals surface area contributed by atoms with Gasteiger partial charge in [0.05, 0.1) is 0 Å². The van der Waals surface area contributed by atoms with Crippen LogP contribution in [0.5, 0.6) is 0 Å². The van der Waals surface area contributed by atoms with Crippen LogP contribution in [0.1, 0.15) is 0 Å². The average molecular weight is 557 g/mol. The number of hydrogen-bond donors (Lipinski definition) is 0.